The number of hydrogen-bond donors (Lipinski definition) is 1. The molecule has 0 aliphatic heterocycles. The number of benzene rings is 1. The predicted octanol–water partition coefficient (Wildman–Crippen LogP) is 2.99. The van der Waals surface area contributed by atoms with Gasteiger partial charge in [-0.1, -0.05) is 6.92 Å². The third-order valence-corrected chi connectivity index (χ3v) is 2.84. The lowest BCUT2D eigenvalue weighted by molar-refractivity contribution is 0.587. The largest absolute Gasteiger partial charge is 0.398 e. The average Bonchev–Trinajstić information content (AvgIpc) is 2.65. The summed E-state index contributed by atoms with van der Waals surface area (Å²) < 4.78 is 15.2. The van der Waals surface area contributed by atoms with Crippen LogP contribution in [0.4, 0.5) is 10.1 Å². The van der Waals surface area contributed by atoms with Crippen LogP contribution in [0.3, 0.4) is 0 Å². The van der Waals surface area contributed by atoms with Crippen LogP contribution in [-0.4, -0.2) is 9.78 Å². The first-order valence-electron chi connectivity index (χ1n) is 5.71. The van der Waals surface area contributed by atoms with Crippen LogP contribution in [0.5, 0.6) is 0 Å². The zero-order valence-electron chi connectivity index (χ0n) is 10.1. The summed E-state index contributed by atoms with van der Waals surface area (Å²) in [6.07, 6.45) is 2.76. The van der Waals surface area contributed by atoms with Gasteiger partial charge in [0.1, 0.15) is 5.82 Å². The Kier molecular flexibility index (Phi) is 3.13. The first kappa shape index (κ1) is 11.6. The molecule has 1 aromatic heterocycles. The van der Waals surface area contributed by atoms with E-state index < -0.39 is 0 Å². The molecule has 0 saturated carbocycles. The Morgan fingerprint density at radius 2 is 2.12 bits per heavy atom. The number of aryl methyl sites for hydroxylation is 1. The van der Waals surface area contributed by atoms with Crippen LogP contribution in [-0.2, 0) is 6.54 Å². The molecule has 1 aromatic carbocycles. The Morgan fingerprint density at radius 1 is 1.35 bits per heavy atom. The van der Waals surface area contributed by atoms with Gasteiger partial charge in [-0.3, -0.25) is 4.68 Å². The van der Waals surface area contributed by atoms with E-state index in [0.29, 0.717) is 11.3 Å². The highest BCUT2D eigenvalue weighted by Gasteiger charge is 2.11. The van der Waals surface area contributed by atoms with E-state index in [-0.39, 0.29) is 5.82 Å². The Balaban J connectivity index is 2.49. The molecule has 0 atom stereocenters. The lowest BCUT2D eigenvalue weighted by Gasteiger charge is -2.06. The fourth-order valence-electron chi connectivity index (χ4n) is 1.91. The van der Waals surface area contributed by atoms with Crippen molar-refractivity contribution in [2.24, 2.45) is 0 Å². The van der Waals surface area contributed by atoms with E-state index in [9.17, 15) is 4.39 Å². The van der Waals surface area contributed by atoms with E-state index in [4.69, 9.17) is 5.73 Å². The van der Waals surface area contributed by atoms with E-state index in [0.717, 1.165) is 24.2 Å². The monoisotopic (exact) mass is 233 g/mol. The molecule has 0 aliphatic carbocycles. The normalized spacial score (nSPS) is 10.8. The van der Waals surface area contributed by atoms with Gasteiger partial charge in [-0.15, -0.1) is 0 Å². The standard InChI is InChI=1S/C13H16FN3/c1-3-6-17-9(2)12(8-16-17)11-7-10(14)4-5-13(11)15/h4-5,7-8H,3,6,15H2,1-2H3. The van der Waals surface area contributed by atoms with Gasteiger partial charge >= 0.3 is 0 Å². The molecule has 0 aliphatic rings. The lowest BCUT2D eigenvalue weighted by Crippen LogP contribution is -2.01. The highest BCUT2D eigenvalue weighted by Crippen LogP contribution is 2.29. The summed E-state index contributed by atoms with van der Waals surface area (Å²) in [5.41, 5.74) is 9.07. The molecule has 2 N–H and O–H groups in total. The number of nitrogens with zero attached hydrogens (tertiary/aromatic N) is 2. The quantitative estimate of drug-likeness (QED) is 0.828. The van der Waals surface area contributed by atoms with Crippen molar-refractivity contribution in [3.8, 4) is 11.1 Å². The Morgan fingerprint density at radius 3 is 2.82 bits per heavy atom. The van der Waals surface area contributed by atoms with E-state index in [1.165, 1.54) is 12.1 Å². The summed E-state index contributed by atoms with van der Waals surface area (Å²) in [6.45, 7) is 4.93. The molecule has 2 rings (SSSR count). The number of nitrogen functional groups attached to an aromatic ring is 1. The van der Waals surface area contributed by atoms with Gasteiger partial charge in [0.15, 0.2) is 0 Å². The highest BCUT2D eigenvalue weighted by molar-refractivity contribution is 5.77. The number of aromatic nitrogens is 2. The number of halogens is 1. The first-order valence-corrected chi connectivity index (χ1v) is 5.71. The molecule has 0 unspecified atom stereocenters. The van der Waals surface area contributed by atoms with Crippen molar-refractivity contribution >= 4 is 5.69 Å². The summed E-state index contributed by atoms with van der Waals surface area (Å²) in [6, 6.07) is 4.40. The molecule has 90 valence electrons. The third kappa shape index (κ3) is 2.16. The van der Waals surface area contributed by atoms with Gasteiger partial charge in [0, 0.05) is 29.1 Å². The molecule has 0 radical (unpaired) electrons. The fraction of sp³-hybridized carbons (Fsp3) is 0.308. The molecule has 1 heterocycles. The van der Waals surface area contributed by atoms with Gasteiger partial charge in [-0.05, 0) is 31.5 Å². The predicted molar refractivity (Wildman–Crippen MR) is 67.1 cm³/mol. The van der Waals surface area contributed by atoms with Gasteiger partial charge in [0.05, 0.1) is 6.20 Å². The van der Waals surface area contributed by atoms with Crippen molar-refractivity contribution in [2.75, 3.05) is 5.73 Å². The smallest absolute Gasteiger partial charge is 0.123 e. The summed E-state index contributed by atoms with van der Waals surface area (Å²) in [5, 5.41) is 4.29. The molecule has 0 saturated heterocycles. The highest BCUT2D eigenvalue weighted by atomic mass is 19.1. The second-order valence-electron chi connectivity index (χ2n) is 4.10. The van der Waals surface area contributed by atoms with E-state index in [1.807, 2.05) is 11.6 Å². The number of hydrogen-bond acceptors (Lipinski definition) is 2. The molecule has 3 nitrogen and oxygen atoms in total. The van der Waals surface area contributed by atoms with Crippen LogP contribution in [0.1, 0.15) is 19.0 Å². The molecule has 17 heavy (non-hydrogen) atoms. The topological polar surface area (TPSA) is 43.8 Å². The molecule has 0 bridgehead atoms. The van der Waals surface area contributed by atoms with Gasteiger partial charge in [0.25, 0.3) is 0 Å². The van der Waals surface area contributed by atoms with Gasteiger partial charge in [-0.2, -0.15) is 5.10 Å². The second kappa shape index (κ2) is 4.57. The second-order valence-corrected chi connectivity index (χ2v) is 4.10. The molecular formula is C13H16FN3. The van der Waals surface area contributed by atoms with Gasteiger partial charge < -0.3 is 5.73 Å². The number of anilines is 1. The third-order valence-electron chi connectivity index (χ3n) is 2.84. The average molecular weight is 233 g/mol. The molecule has 0 fully saturated rings. The van der Waals surface area contributed by atoms with Crippen LogP contribution in [0.15, 0.2) is 24.4 Å². The van der Waals surface area contributed by atoms with Gasteiger partial charge in [-0.25, -0.2) is 4.39 Å². The van der Waals surface area contributed by atoms with Crippen molar-refractivity contribution in [2.45, 2.75) is 26.8 Å². The zero-order chi connectivity index (χ0) is 12.4. The maximum Gasteiger partial charge on any atom is 0.123 e. The van der Waals surface area contributed by atoms with Crippen LogP contribution < -0.4 is 5.73 Å². The lowest BCUT2D eigenvalue weighted by atomic mass is 10.0. The van der Waals surface area contributed by atoms with Crippen molar-refractivity contribution in [3.05, 3.63) is 35.9 Å². The fourth-order valence-corrected chi connectivity index (χ4v) is 1.91. The SMILES string of the molecule is CCCn1ncc(-c2cc(F)ccc2N)c1C. The summed E-state index contributed by atoms with van der Waals surface area (Å²) in [4.78, 5) is 0. The summed E-state index contributed by atoms with van der Waals surface area (Å²) >= 11 is 0. The minimum Gasteiger partial charge on any atom is -0.398 e. The van der Waals surface area contributed by atoms with Crippen molar-refractivity contribution in [1.82, 2.24) is 9.78 Å². The molecule has 4 heteroatoms. The summed E-state index contributed by atoms with van der Waals surface area (Å²) in [7, 11) is 0. The van der Waals surface area contributed by atoms with Crippen molar-refractivity contribution in [1.29, 1.82) is 0 Å². The maximum atomic E-state index is 13.2. The Hall–Kier alpha value is -1.84. The van der Waals surface area contributed by atoms with Crippen molar-refractivity contribution in [3.63, 3.8) is 0 Å². The van der Waals surface area contributed by atoms with E-state index in [2.05, 4.69) is 12.0 Å². The first-order chi connectivity index (χ1) is 8.13. The minimum absolute atomic E-state index is 0.281. The maximum absolute atomic E-state index is 13.2. The van der Waals surface area contributed by atoms with Crippen LogP contribution >= 0.6 is 0 Å². The van der Waals surface area contributed by atoms with Crippen LogP contribution in [0, 0.1) is 12.7 Å². The summed E-state index contributed by atoms with van der Waals surface area (Å²) in [5.74, 6) is -0.281. The van der Waals surface area contributed by atoms with Crippen LogP contribution in [0.2, 0.25) is 0 Å². The molecular weight excluding hydrogens is 217 g/mol. The zero-order valence-corrected chi connectivity index (χ0v) is 10.1. The molecule has 0 spiro atoms. The van der Waals surface area contributed by atoms with E-state index >= 15 is 0 Å². The van der Waals surface area contributed by atoms with Crippen LogP contribution in [0.25, 0.3) is 11.1 Å². The van der Waals surface area contributed by atoms with Crippen molar-refractivity contribution < 1.29 is 4.39 Å². The van der Waals surface area contributed by atoms with Gasteiger partial charge in [0.2, 0.25) is 0 Å². The molecule has 0 amide bonds. The Labute approximate surface area is 100 Å². The minimum atomic E-state index is -0.281. The number of nitrogens with two attached hydrogens (primary N) is 1. The number of rotatable bonds is 3. The Bertz CT molecular complexity index is 531. The molecule has 2 aromatic rings. The van der Waals surface area contributed by atoms with E-state index in [1.54, 1.807) is 12.3 Å².